The number of halogens is 1. The van der Waals surface area contributed by atoms with Gasteiger partial charge in [0.1, 0.15) is 11.5 Å². The third-order valence-electron chi connectivity index (χ3n) is 3.35. The molecule has 0 atom stereocenters. The summed E-state index contributed by atoms with van der Waals surface area (Å²) in [5, 5.41) is 2.44. The van der Waals surface area contributed by atoms with Gasteiger partial charge in [0.15, 0.2) is 5.11 Å². The van der Waals surface area contributed by atoms with E-state index in [1.54, 1.807) is 49.6 Å². The largest absolute Gasteiger partial charge is 0.497 e. The highest BCUT2D eigenvalue weighted by Crippen LogP contribution is 2.23. The summed E-state index contributed by atoms with van der Waals surface area (Å²) in [5.41, 5.74) is 5.63. The molecule has 0 aliphatic rings. The van der Waals surface area contributed by atoms with Crippen LogP contribution in [-0.4, -0.2) is 30.6 Å². The molecule has 0 aromatic heterocycles. The van der Waals surface area contributed by atoms with Crippen LogP contribution in [0.2, 0.25) is 0 Å². The van der Waals surface area contributed by atoms with E-state index in [4.69, 9.17) is 21.7 Å². The predicted octanol–water partition coefficient (Wildman–Crippen LogP) is 2.81. The highest BCUT2D eigenvalue weighted by Gasteiger charge is 2.15. The summed E-state index contributed by atoms with van der Waals surface area (Å²) in [6.45, 7) is 2.24. The van der Waals surface area contributed by atoms with Crippen LogP contribution >= 0.6 is 28.1 Å². The fourth-order valence-corrected chi connectivity index (χ4v) is 2.60. The summed E-state index contributed by atoms with van der Waals surface area (Å²) in [5.74, 6) is 0.201. The minimum atomic E-state index is -0.462. The Bertz CT molecular complexity index is 843. The molecule has 0 unspecified atom stereocenters. The molecule has 2 amide bonds. The van der Waals surface area contributed by atoms with Crippen LogP contribution in [-0.2, 0) is 0 Å². The number of hydrogen-bond donors (Lipinski definition) is 3. The van der Waals surface area contributed by atoms with Gasteiger partial charge in [0.25, 0.3) is 11.8 Å². The molecule has 2 aromatic rings. The van der Waals surface area contributed by atoms with Crippen molar-refractivity contribution in [1.29, 1.82) is 0 Å². The molecule has 0 bridgehead atoms. The minimum Gasteiger partial charge on any atom is -0.497 e. The summed E-state index contributed by atoms with van der Waals surface area (Å²) >= 11 is 8.37. The number of hydrazine groups is 1. The van der Waals surface area contributed by atoms with Gasteiger partial charge in [-0.2, -0.15) is 0 Å². The SMILES string of the molecule is CCOc1ccc(Br)cc1C(=O)NC(=S)NNC(=O)c1ccc(OC)cc1. The second-order valence-electron chi connectivity index (χ2n) is 5.16. The highest BCUT2D eigenvalue weighted by atomic mass is 79.9. The van der Waals surface area contributed by atoms with Crippen molar-refractivity contribution >= 4 is 45.1 Å². The molecular formula is C18H18BrN3O4S. The molecule has 2 aromatic carbocycles. The molecule has 2 rings (SSSR count). The van der Waals surface area contributed by atoms with Crippen LogP contribution in [0.25, 0.3) is 0 Å². The van der Waals surface area contributed by atoms with Crippen molar-refractivity contribution in [3.8, 4) is 11.5 Å². The summed E-state index contributed by atoms with van der Waals surface area (Å²) < 4.78 is 11.2. The summed E-state index contributed by atoms with van der Waals surface area (Å²) in [7, 11) is 1.54. The smallest absolute Gasteiger partial charge is 0.269 e. The number of amides is 2. The Hall–Kier alpha value is -2.65. The number of rotatable bonds is 5. The van der Waals surface area contributed by atoms with E-state index in [0.717, 1.165) is 4.47 Å². The third-order valence-corrected chi connectivity index (χ3v) is 4.05. The van der Waals surface area contributed by atoms with Gasteiger partial charge in [-0.15, -0.1) is 0 Å². The van der Waals surface area contributed by atoms with Crippen LogP contribution in [0, 0.1) is 0 Å². The molecule has 0 heterocycles. The Morgan fingerprint density at radius 1 is 1.07 bits per heavy atom. The van der Waals surface area contributed by atoms with Gasteiger partial charge in [0.2, 0.25) is 0 Å². The first-order valence-corrected chi connectivity index (χ1v) is 9.12. The molecule has 142 valence electrons. The first-order valence-electron chi connectivity index (χ1n) is 7.92. The van der Waals surface area contributed by atoms with Crippen molar-refractivity contribution in [3.05, 3.63) is 58.1 Å². The molecule has 0 spiro atoms. The van der Waals surface area contributed by atoms with Crippen molar-refractivity contribution < 1.29 is 19.1 Å². The maximum atomic E-state index is 12.4. The molecule has 0 saturated heterocycles. The zero-order valence-electron chi connectivity index (χ0n) is 14.7. The van der Waals surface area contributed by atoms with Crippen LogP contribution in [0.5, 0.6) is 11.5 Å². The lowest BCUT2D eigenvalue weighted by Gasteiger charge is -2.13. The van der Waals surface area contributed by atoms with E-state index in [2.05, 4.69) is 32.1 Å². The fourth-order valence-electron chi connectivity index (χ4n) is 2.09. The van der Waals surface area contributed by atoms with Crippen molar-refractivity contribution in [1.82, 2.24) is 16.2 Å². The maximum absolute atomic E-state index is 12.4. The van der Waals surface area contributed by atoms with Gasteiger partial charge in [-0.25, -0.2) is 0 Å². The standard InChI is InChI=1S/C18H18BrN3O4S/c1-3-26-15-9-6-12(19)10-14(15)17(24)20-18(27)22-21-16(23)11-4-7-13(25-2)8-5-11/h4-10H,3H2,1-2H3,(H,21,23)(H2,20,22,24,27). The number of thiocarbonyl (C=S) groups is 1. The monoisotopic (exact) mass is 451 g/mol. The lowest BCUT2D eigenvalue weighted by atomic mass is 10.2. The molecular weight excluding hydrogens is 434 g/mol. The Labute approximate surface area is 170 Å². The van der Waals surface area contributed by atoms with Crippen LogP contribution in [0.3, 0.4) is 0 Å². The van der Waals surface area contributed by atoms with Gasteiger partial charge < -0.3 is 9.47 Å². The molecule has 0 aliphatic carbocycles. The van der Waals surface area contributed by atoms with Crippen molar-refractivity contribution in [2.45, 2.75) is 6.92 Å². The van der Waals surface area contributed by atoms with E-state index >= 15 is 0 Å². The van der Waals surface area contributed by atoms with Crippen molar-refractivity contribution in [2.24, 2.45) is 0 Å². The molecule has 7 nitrogen and oxygen atoms in total. The van der Waals surface area contributed by atoms with E-state index in [1.807, 2.05) is 6.92 Å². The molecule has 9 heteroatoms. The van der Waals surface area contributed by atoms with E-state index in [-0.39, 0.29) is 5.11 Å². The van der Waals surface area contributed by atoms with Gasteiger partial charge >= 0.3 is 0 Å². The first kappa shape index (κ1) is 20.7. The topological polar surface area (TPSA) is 88.7 Å². The minimum absolute atomic E-state index is 0.0516. The van der Waals surface area contributed by atoms with Gasteiger partial charge in [0.05, 0.1) is 19.3 Å². The van der Waals surface area contributed by atoms with E-state index < -0.39 is 11.8 Å². The third kappa shape index (κ3) is 5.93. The lowest BCUT2D eigenvalue weighted by molar-refractivity contribution is 0.0933. The fraction of sp³-hybridized carbons (Fsp3) is 0.167. The summed E-state index contributed by atoms with van der Waals surface area (Å²) in [6, 6.07) is 11.6. The van der Waals surface area contributed by atoms with Gasteiger partial charge in [-0.1, -0.05) is 15.9 Å². The Balaban J connectivity index is 1.94. The van der Waals surface area contributed by atoms with E-state index in [1.165, 1.54) is 0 Å². The second kappa shape index (κ2) is 9.89. The molecule has 27 heavy (non-hydrogen) atoms. The predicted molar refractivity (Wildman–Crippen MR) is 109 cm³/mol. The number of nitrogens with one attached hydrogen (secondary N) is 3. The molecule has 0 radical (unpaired) electrons. The van der Waals surface area contributed by atoms with Crippen molar-refractivity contribution in [3.63, 3.8) is 0 Å². The van der Waals surface area contributed by atoms with Gasteiger partial charge in [0, 0.05) is 10.0 Å². The molecule has 0 fully saturated rings. The van der Waals surface area contributed by atoms with Crippen LogP contribution < -0.4 is 25.6 Å². The average molecular weight is 452 g/mol. The van der Waals surface area contributed by atoms with Gasteiger partial charge in [-0.05, 0) is 61.6 Å². The Morgan fingerprint density at radius 3 is 2.41 bits per heavy atom. The van der Waals surface area contributed by atoms with Crippen LogP contribution in [0.4, 0.5) is 0 Å². The first-order chi connectivity index (χ1) is 12.9. The lowest BCUT2D eigenvalue weighted by Crippen LogP contribution is -2.48. The normalized spacial score (nSPS) is 9.89. The number of methoxy groups -OCH3 is 1. The number of benzene rings is 2. The van der Waals surface area contributed by atoms with E-state index in [9.17, 15) is 9.59 Å². The highest BCUT2D eigenvalue weighted by molar-refractivity contribution is 9.10. The second-order valence-corrected chi connectivity index (χ2v) is 6.49. The average Bonchev–Trinajstić information content (AvgIpc) is 2.67. The summed E-state index contributed by atoms with van der Waals surface area (Å²) in [6.07, 6.45) is 0. The van der Waals surface area contributed by atoms with Gasteiger partial charge in [-0.3, -0.25) is 25.8 Å². The summed E-state index contributed by atoms with van der Waals surface area (Å²) in [4.78, 5) is 24.5. The quantitative estimate of drug-likeness (QED) is 0.478. The Morgan fingerprint density at radius 2 is 1.78 bits per heavy atom. The molecule has 0 saturated carbocycles. The zero-order valence-corrected chi connectivity index (χ0v) is 17.1. The van der Waals surface area contributed by atoms with Crippen molar-refractivity contribution in [2.75, 3.05) is 13.7 Å². The molecule has 0 aliphatic heterocycles. The number of ether oxygens (including phenoxy) is 2. The van der Waals surface area contributed by atoms with Crippen LogP contribution in [0.1, 0.15) is 27.6 Å². The zero-order chi connectivity index (χ0) is 19.8. The maximum Gasteiger partial charge on any atom is 0.269 e. The van der Waals surface area contributed by atoms with Crippen LogP contribution in [0.15, 0.2) is 46.9 Å². The Kier molecular flexibility index (Phi) is 7.56. The number of hydrogen-bond acceptors (Lipinski definition) is 5. The number of carbonyl (C=O) groups excluding carboxylic acids is 2. The molecule has 3 N–H and O–H groups in total. The van der Waals surface area contributed by atoms with E-state index in [0.29, 0.717) is 29.2 Å². The number of carbonyl (C=O) groups is 2.